The molecule has 1 saturated heterocycles. The molecular weight excluding hydrogens is 402 g/mol. The predicted octanol–water partition coefficient (Wildman–Crippen LogP) is 1.84. The number of nitrogens with zero attached hydrogens (tertiary/aromatic N) is 2. The molecule has 2 aliphatic rings. The second-order valence-corrected chi connectivity index (χ2v) is 7.56. The van der Waals surface area contributed by atoms with Crippen molar-refractivity contribution in [2.75, 3.05) is 42.8 Å². The Morgan fingerprint density at radius 3 is 2.65 bits per heavy atom. The minimum Gasteiger partial charge on any atom is -0.497 e. The largest absolute Gasteiger partial charge is 0.497 e. The Morgan fingerprint density at radius 2 is 1.94 bits per heavy atom. The maximum absolute atomic E-state index is 13.1. The van der Waals surface area contributed by atoms with E-state index in [0.717, 1.165) is 32.4 Å². The summed E-state index contributed by atoms with van der Waals surface area (Å²) in [5, 5.41) is 5.41. The van der Waals surface area contributed by atoms with Crippen molar-refractivity contribution in [3.63, 3.8) is 0 Å². The second kappa shape index (κ2) is 8.66. The molecule has 0 bridgehead atoms. The van der Waals surface area contributed by atoms with E-state index in [0.29, 0.717) is 23.1 Å². The Labute approximate surface area is 179 Å². The summed E-state index contributed by atoms with van der Waals surface area (Å²) in [7, 11) is 3.01. The van der Waals surface area contributed by atoms with E-state index in [-0.39, 0.29) is 23.7 Å². The van der Waals surface area contributed by atoms with Gasteiger partial charge < -0.3 is 25.0 Å². The molecule has 1 fully saturated rings. The summed E-state index contributed by atoms with van der Waals surface area (Å²) in [5.74, 6) is -0.287. The van der Waals surface area contributed by atoms with E-state index in [1.807, 2.05) is 4.90 Å². The Bertz CT molecular complexity index is 1060. The molecule has 10 nitrogen and oxygen atoms in total. The van der Waals surface area contributed by atoms with Crippen molar-refractivity contribution < 1.29 is 19.1 Å². The van der Waals surface area contributed by atoms with Crippen molar-refractivity contribution in [1.29, 1.82) is 0 Å². The molecule has 4 rings (SSSR count). The topological polar surface area (TPSA) is 126 Å². The van der Waals surface area contributed by atoms with E-state index in [9.17, 15) is 14.4 Å². The number of piperidine rings is 1. The van der Waals surface area contributed by atoms with E-state index in [1.54, 1.807) is 18.2 Å². The Kier molecular flexibility index (Phi) is 5.79. The first-order valence-corrected chi connectivity index (χ1v) is 10.2. The maximum atomic E-state index is 13.1. The van der Waals surface area contributed by atoms with E-state index in [4.69, 9.17) is 9.47 Å². The van der Waals surface area contributed by atoms with Crippen LogP contribution >= 0.6 is 0 Å². The fourth-order valence-electron chi connectivity index (χ4n) is 3.96. The molecule has 0 saturated carbocycles. The highest BCUT2D eigenvalue weighted by Gasteiger charge is 2.35. The van der Waals surface area contributed by atoms with Crippen LogP contribution in [0.1, 0.15) is 37.2 Å². The highest BCUT2D eigenvalue weighted by Crippen LogP contribution is 2.33. The number of carbonyl (C=O) groups excluding carboxylic acids is 2. The lowest BCUT2D eigenvalue weighted by Gasteiger charge is -2.29. The normalized spacial score (nSPS) is 18.1. The van der Waals surface area contributed by atoms with Gasteiger partial charge in [0.05, 0.1) is 31.4 Å². The quantitative estimate of drug-likeness (QED) is 0.665. The predicted molar refractivity (Wildman–Crippen MR) is 115 cm³/mol. The number of methoxy groups -OCH3 is 2. The van der Waals surface area contributed by atoms with Gasteiger partial charge in [0.2, 0.25) is 17.8 Å². The summed E-state index contributed by atoms with van der Waals surface area (Å²) in [5.41, 5.74) is 0.146. The molecule has 2 aliphatic heterocycles. The van der Waals surface area contributed by atoms with Crippen LogP contribution in [0.5, 0.6) is 11.5 Å². The van der Waals surface area contributed by atoms with Gasteiger partial charge in [0, 0.05) is 25.6 Å². The summed E-state index contributed by atoms with van der Waals surface area (Å²) in [6.45, 7) is 1.58. The van der Waals surface area contributed by atoms with Gasteiger partial charge in [-0.15, -0.1) is 0 Å². The molecule has 10 heteroatoms. The van der Waals surface area contributed by atoms with Gasteiger partial charge in [0.15, 0.2) is 0 Å². The molecule has 0 radical (unpaired) electrons. The van der Waals surface area contributed by atoms with Crippen LogP contribution < -0.4 is 30.6 Å². The average Bonchev–Trinajstić information content (AvgIpc) is 2.78. The number of nitrogens with one attached hydrogen (secondary N) is 3. The first-order chi connectivity index (χ1) is 15.0. The molecule has 31 heavy (non-hydrogen) atoms. The minimum absolute atomic E-state index is 0.141. The van der Waals surface area contributed by atoms with Crippen LogP contribution in [0.2, 0.25) is 0 Å². The molecule has 1 aromatic heterocycles. The monoisotopic (exact) mass is 427 g/mol. The molecule has 2 amide bonds. The lowest BCUT2D eigenvalue weighted by molar-refractivity contribution is -0.123. The molecule has 1 aromatic carbocycles. The highest BCUT2D eigenvalue weighted by atomic mass is 16.5. The number of aromatic amines is 1. The van der Waals surface area contributed by atoms with Crippen LogP contribution in [0.4, 0.5) is 17.5 Å². The second-order valence-electron chi connectivity index (χ2n) is 7.56. The van der Waals surface area contributed by atoms with E-state index in [1.165, 1.54) is 14.2 Å². The van der Waals surface area contributed by atoms with Gasteiger partial charge >= 0.3 is 0 Å². The number of hydrogen-bond donors (Lipinski definition) is 3. The molecule has 0 aliphatic carbocycles. The van der Waals surface area contributed by atoms with Crippen LogP contribution in [-0.4, -0.2) is 49.1 Å². The number of ether oxygens (including phenoxy) is 2. The molecular formula is C21H25N5O5. The lowest BCUT2D eigenvalue weighted by atomic mass is 9.92. The number of hydrogen-bond acceptors (Lipinski definition) is 7. The van der Waals surface area contributed by atoms with Gasteiger partial charge in [0.25, 0.3) is 5.56 Å². The van der Waals surface area contributed by atoms with Crippen molar-refractivity contribution in [1.82, 2.24) is 9.97 Å². The first-order valence-electron chi connectivity index (χ1n) is 10.2. The molecule has 1 unspecified atom stereocenters. The average molecular weight is 427 g/mol. The van der Waals surface area contributed by atoms with Crippen molar-refractivity contribution in [2.24, 2.45) is 0 Å². The number of aromatic nitrogens is 2. The number of carbonyl (C=O) groups is 2. The third kappa shape index (κ3) is 4.18. The molecule has 3 heterocycles. The fraction of sp³-hybridized carbons (Fsp3) is 0.429. The van der Waals surface area contributed by atoms with Crippen LogP contribution in [0.25, 0.3) is 0 Å². The number of anilines is 3. The molecule has 164 valence electrons. The molecule has 3 N–H and O–H groups in total. The Hall–Kier alpha value is -3.56. The SMILES string of the molecule is COc1ccc(NC(=O)C2CC(=O)Nc3nc(N4CCCCC4)[nH]c(=O)c32)c(OC)c1. The Balaban J connectivity index is 1.64. The van der Waals surface area contributed by atoms with Gasteiger partial charge in [-0.1, -0.05) is 0 Å². The van der Waals surface area contributed by atoms with Crippen molar-refractivity contribution in [3.8, 4) is 11.5 Å². The summed E-state index contributed by atoms with van der Waals surface area (Å²) in [4.78, 5) is 47.5. The zero-order chi connectivity index (χ0) is 22.0. The summed E-state index contributed by atoms with van der Waals surface area (Å²) >= 11 is 0. The van der Waals surface area contributed by atoms with Crippen LogP contribution in [0.15, 0.2) is 23.0 Å². The number of fused-ring (bicyclic) bond motifs is 1. The zero-order valence-corrected chi connectivity index (χ0v) is 17.5. The molecule has 2 aromatic rings. The maximum Gasteiger partial charge on any atom is 0.258 e. The van der Waals surface area contributed by atoms with E-state index in [2.05, 4.69) is 20.6 Å². The van der Waals surface area contributed by atoms with Crippen molar-refractivity contribution >= 4 is 29.3 Å². The van der Waals surface area contributed by atoms with E-state index < -0.39 is 17.4 Å². The number of benzene rings is 1. The van der Waals surface area contributed by atoms with Gasteiger partial charge in [-0.3, -0.25) is 19.4 Å². The highest BCUT2D eigenvalue weighted by molar-refractivity contribution is 6.05. The summed E-state index contributed by atoms with van der Waals surface area (Å²) < 4.78 is 10.5. The molecule has 0 spiro atoms. The van der Waals surface area contributed by atoms with Crippen molar-refractivity contribution in [3.05, 3.63) is 34.1 Å². The van der Waals surface area contributed by atoms with Crippen LogP contribution in [0, 0.1) is 0 Å². The summed E-state index contributed by atoms with van der Waals surface area (Å²) in [6.07, 6.45) is 3.02. The molecule has 1 atom stereocenters. The number of H-pyrrole nitrogens is 1. The number of amides is 2. The van der Waals surface area contributed by atoms with Gasteiger partial charge in [0.1, 0.15) is 17.3 Å². The lowest BCUT2D eigenvalue weighted by Crippen LogP contribution is -2.38. The standard InChI is InChI=1S/C21H25N5O5/c1-30-12-6-7-14(15(10-12)31-2)22-19(28)13-11-16(27)23-18-17(13)20(29)25-21(24-18)26-8-4-3-5-9-26/h6-7,10,13H,3-5,8-9,11H2,1-2H3,(H,22,28)(H2,23,24,25,27,29). The first kappa shape index (κ1) is 20.7. The van der Waals surface area contributed by atoms with Gasteiger partial charge in [-0.05, 0) is 31.4 Å². The van der Waals surface area contributed by atoms with E-state index >= 15 is 0 Å². The Morgan fingerprint density at radius 1 is 1.16 bits per heavy atom. The third-order valence-corrected chi connectivity index (χ3v) is 5.58. The smallest absolute Gasteiger partial charge is 0.258 e. The third-order valence-electron chi connectivity index (χ3n) is 5.58. The van der Waals surface area contributed by atoms with Gasteiger partial charge in [-0.25, -0.2) is 0 Å². The number of rotatable bonds is 5. The van der Waals surface area contributed by atoms with Gasteiger partial charge in [-0.2, -0.15) is 4.98 Å². The summed E-state index contributed by atoms with van der Waals surface area (Å²) in [6, 6.07) is 4.95. The van der Waals surface area contributed by atoms with Crippen LogP contribution in [-0.2, 0) is 9.59 Å². The van der Waals surface area contributed by atoms with Crippen molar-refractivity contribution in [2.45, 2.75) is 31.6 Å². The minimum atomic E-state index is -0.970. The zero-order valence-electron chi connectivity index (χ0n) is 17.5. The van der Waals surface area contributed by atoms with Crippen LogP contribution in [0.3, 0.4) is 0 Å². The fourth-order valence-corrected chi connectivity index (χ4v) is 3.96.